The van der Waals surface area contributed by atoms with Gasteiger partial charge in [0, 0.05) is 31.4 Å². The van der Waals surface area contributed by atoms with E-state index < -0.39 is 43.3 Å². The number of H-pyrrole nitrogens is 1. The molecule has 320 valence electrons. The molecule has 1 saturated heterocycles. The first-order chi connectivity index (χ1) is 27.9. The topological polar surface area (TPSA) is 303 Å². The third-order valence-electron chi connectivity index (χ3n) is 8.76. The predicted octanol–water partition coefficient (Wildman–Crippen LogP) is 1.44. The van der Waals surface area contributed by atoms with Crippen LogP contribution in [-0.4, -0.2) is 110 Å². The Balaban J connectivity index is 0.000000503. The van der Waals surface area contributed by atoms with Gasteiger partial charge >= 0.3 is 5.97 Å². The highest BCUT2D eigenvalue weighted by Gasteiger charge is 2.44. The van der Waals surface area contributed by atoms with Gasteiger partial charge in [-0.05, 0) is 62.1 Å². The number of benzene rings is 2. The van der Waals surface area contributed by atoms with Gasteiger partial charge in [0.25, 0.3) is 5.56 Å². The Kier molecular flexibility index (Phi) is 23.0. The summed E-state index contributed by atoms with van der Waals surface area (Å²) in [6.07, 6.45) is -0.581. The number of aryl methyl sites for hydroxylation is 1. The van der Waals surface area contributed by atoms with Crippen LogP contribution in [0.4, 0.5) is 0 Å². The molecule has 5 atom stereocenters. The minimum Gasteiger partial charge on any atom is -0.478 e. The van der Waals surface area contributed by atoms with Crippen molar-refractivity contribution in [1.82, 2.24) is 19.9 Å². The van der Waals surface area contributed by atoms with Gasteiger partial charge < -0.3 is 66.1 Å². The summed E-state index contributed by atoms with van der Waals surface area (Å²) in [6, 6.07) is 10.0. The van der Waals surface area contributed by atoms with Gasteiger partial charge in [0.15, 0.2) is 5.52 Å². The number of rotatable bonds is 14. The standard InChI is InChI=1S/C20H23N3O3.C16H24N2O7.C2H6.CH3NO.CH2O/c1-4-6-7-16-22-17-18(23(16)11-12(3)5-2)14-9-8-13(20(25)26)10-15(14)21-19(17)24;17-6-9-1-2-11(10(5-9)3-4-18-8-20)24-16-15(23)14(22)13(21)12(7-19)25-16;1-2;2-1-3;1-2/h5,8-10H,4,6-7,11H2,1-3H3,(H,21,24)(H,25,26);1-2,5,8,12-16,19,21-23H,3-4,6-7,17H2,(H,18,20);1-2H3;1H,(H2,2,3);1H2/b12-5+;;;;/t;12?,13-,14?,15?,16+;;;/m.1.../s1. The quantitative estimate of drug-likeness (QED) is 0.0495. The molecule has 1 aliphatic rings. The number of nitrogens with two attached hydrogens (primary N) is 2. The van der Waals surface area contributed by atoms with Gasteiger partial charge in [-0.1, -0.05) is 51.0 Å². The fraction of sp³-hybridized carbons (Fsp3) is 0.450. The van der Waals surface area contributed by atoms with E-state index in [0.717, 1.165) is 47.1 Å². The smallest absolute Gasteiger partial charge is 0.335 e. The third kappa shape index (κ3) is 13.6. The number of carboxylic acid groups (broad SMARTS) is 1. The van der Waals surface area contributed by atoms with Gasteiger partial charge in [0.1, 0.15) is 42.8 Å². The van der Waals surface area contributed by atoms with Crippen LogP contribution >= 0.6 is 0 Å². The molecule has 58 heavy (non-hydrogen) atoms. The average molecular weight is 815 g/mol. The number of imidazole rings is 1. The van der Waals surface area contributed by atoms with Crippen LogP contribution in [-0.2, 0) is 45.1 Å². The minimum atomic E-state index is -1.51. The summed E-state index contributed by atoms with van der Waals surface area (Å²) in [5, 5.41) is 51.5. The van der Waals surface area contributed by atoms with E-state index in [1.807, 2.05) is 46.6 Å². The summed E-state index contributed by atoms with van der Waals surface area (Å²) < 4.78 is 13.1. The minimum absolute atomic E-state index is 0.148. The summed E-state index contributed by atoms with van der Waals surface area (Å²) >= 11 is 0. The number of allylic oxidation sites excluding steroid dienone is 2. The molecular weight excluding hydrogens is 756 g/mol. The Labute approximate surface area is 336 Å². The molecule has 0 bridgehead atoms. The fourth-order valence-electron chi connectivity index (χ4n) is 5.76. The number of aromatic carboxylic acids is 1. The number of nitrogens with one attached hydrogen (secondary N) is 2. The van der Waals surface area contributed by atoms with Crippen LogP contribution < -0.4 is 27.1 Å². The van der Waals surface area contributed by atoms with Crippen molar-refractivity contribution >= 4 is 47.5 Å². The Morgan fingerprint density at radius 2 is 1.76 bits per heavy atom. The van der Waals surface area contributed by atoms with Crippen molar-refractivity contribution in [3.05, 3.63) is 80.9 Å². The molecule has 18 nitrogen and oxygen atoms in total. The summed E-state index contributed by atoms with van der Waals surface area (Å²) in [6.45, 7) is 13.0. The van der Waals surface area contributed by atoms with Gasteiger partial charge in [0.2, 0.25) is 19.1 Å². The maximum Gasteiger partial charge on any atom is 0.335 e. The lowest BCUT2D eigenvalue weighted by molar-refractivity contribution is -0.277. The number of carbonyl (C=O) groups is 4. The van der Waals surface area contributed by atoms with Crippen molar-refractivity contribution in [1.29, 1.82) is 0 Å². The third-order valence-corrected chi connectivity index (χ3v) is 8.76. The Hall–Kier alpha value is -5.50. The summed E-state index contributed by atoms with van der Waals surface area (Å²) in [5.74, 6) is 0.257. The lowest BCUT2D eigenvalue weighted by atomic mass is 9.99. The molecule has 2 aromatic carbocycles. The van der Waals surface area contributed by atoms with Gasteiger partial charge in [-0.3, -0.25) is 14.4 Å². The molecule has 0 aliphatic carbocycles. The van der Waals surface area contributed by atoms with Crippen LogP contribution in [0.1, 0.15) is 74.8 Å². The number of ether oxygens (including phenoxy) is 2. The number of hydrogen-bond donors (Lipinski definition) is 9. The van der Waals surface area contributed by atoms with Crippen LogP contribution in [0.15, 0.2) is 52.8 Å². The Morgan fingerprint density at radius 3 is 2.33 bits per heavy atom. The Bertz CT molecular complexity index is 1980. The number of fused-ring (bicyclic) bond motifs is 3. The molecule has 0 radical (unpaired) electrons. The number of aromatic nitrogens is 3. The van der Waals surface area contributed by atoms with Crippen molar-refractivity contribution in [2.75, 3.05) is 13.2 Å². The average Bonchev–Trinajstić information content (AvgIpc) is 3.60. The van der Waals surface area contributed by atoms with Crippen LogP contribution in [0.5, 0.6) is 5.75 Å². The van der Waals surface area contributed by atoms with Crippen LogP contribution in [0, 0.1) is 0 Å². The van der Waals surface area contributed by atoms with Crippen molar-refractivity contribution in [2.24, 2.45) is 11.5 Å². The van der Waals surface area contributed by atoms with E-state index >= 15 is 0 Å². The zero-order valence-electron chi connectivity index (χ0n) is 33.6. The molecule has 0 spiro atoms. The van der Waals surface area contributed by atoms with E-state index in [1.54, 1.807) is 24.3 Å². The highest BCUT2D eigenvalue weighted by Crippen LogP contribution is 2.28. The predicted molar refractivity (Wildman–Crippen MR) is 218 cm³/mol. The highest BCUT2D eigenvalue weighted by atomic mass is 16.7. The number of aliphatic hydroxyl groups excluding tert-OH is 4. The molecule has 18 heteroatoms. The van der Waals surface area contributed by atoms with Crippen LogP contribution in [0.3, 0.4) is 0 Å². The Morgan fingerprint density at radius 1 is 1.09 bits per heavy atom. The molecule has 2 amide bonds. The number of primary amides is 1. The first kappa shape index (κ1) is 50.5. The molecule has 2 aromatic heterocycles. The van der Waals surface area contributed by atoms with E-state index in [4.69, 9.17) is 24.8 Å². The van der Waals surface area contributed by atoms with E-state index in [-0.39, 0.29) is 17.5 Å². The maximum atomic E-state index is 12.6. The van der Waals surface area contributed by atoms with Crippen LogP contribution in [0.2, 0.25) is 0 Å². The van der Waals surface area contributed by atoms with Crippen molar-refractivity contribution in [3.63, 3.8) is 0 Å². The first-order valence-corrected chi connectivity index (χ1v) is 18.7. The number of carbonyl (C=O) groups excluding carboxylic acids is 3. The van der Waals surface area contributed by atoms with Crippen molar-refractivity contribution in [2.45, 2.75) is 104 Å². The summed E-state index contributed by atoms with van der Waals surface area (Å²) in [7, 11) is 0. The van der Waals surface area contributed by atoms with Crippen molar-refractivity contribution < 1.29 is 54.2 Å². The molecule has 0 saturated carbocycles. The molecule has 4 aromatic rings. The lowest BCUT2D eigenvalue weighted by Crippen LogP contribution is -2.60. The fourth-order valence-corrected chi connectivity index (χ4v) is 5.76. The number of unbranched alkanes of at least 4 members (excludes halogenated alkanes) is 1. The van der Waals surface area contributed by atoms with E-state index in [2.05, 4.69) is 32.5 Å². The zero-order valence-corrected chi connectivity index (χ0v) is 33.6. The van der Waals surface area contributed by atoms with E-state index in [1.165, 1.54) is 11.6 Å². The van der Waals surface area contributed by atoms with Gasteiger partial charge in [0.05, 0.1) is 23.2 Å². The van der Waals surface area contributed by atoms with E-state index in [0.29, 0.717) is 49.2 Å². The number of hydrogen-bond acceptors (Lipinski definition) is 13. The number of pyridine rings is 1. The highest BCUT2D eigenvalue weighted by molar-refractivity contribution is 6.04. The first-order valence-electron chi connectivity index (χ1n) is 18.7. The second kappa shape index (κ2) is 26.4. The van der Waals surface area contributed by atoms with Crippen LogP contribution in [0.25, 0.3) is 21.9 Å². The molecular formula is C40H58N6O12. The molecule has 3 heterocycles. The number of aliphatic hydroxyl groups is 4. The maximum absolute atomic E-state index is 12.6. The number of aromatic amines is 1. The number of carboxylic acids is 1. The lowest BCUT2D eigenvalue weighted by Gasteiger charge is -2.39. The van der Waals surface area contributed by atoms with Gasteiger partial charge in [-0.25, -0.2) is 9.78 Å². The normalized spacial score (nSPS) is 18.4. The molecule has 5 rings (SSSR count). The van der Waals surface area contributed by atoms with E-state index in [9.17, 15) is 39.9 Å². The van der Waals surface area contributed by atoms with Gasteiger partial charge in [-0.15, -0.1) is 0 Å². The second-order valence-electron chi connectivity index (χ2n) is 12.5. The SMILES string of the molecule is C/C=C(\C)Cn1c(CCCC)nc2c(=O)[nH]c3cc(C(=O)O)ccc3c21.C=O.CC.NC=O.NCc1ccc(O[C@H]2OC(CO)[C@@H](O)C(O)C2O)c(CCNC=O)c1. The molecule has 1 fully saturated rings. The van der Waals surface area contributed by atoms with Crippen molar-refractivity contribution in [3.8, 4) is 5.75 Å². The molecule has 11 N–H and O–H groups in total. The second-order valence-corrected chi connectivity index (χ2v) is 12.5. The molecule has 1 aliphatic heterocycles. The summed E-state index contributed by atoms with van der Waals surface area (Å²) in [5.41, 5.74) is 14.1. The summed E-state index contributed by atoms with van der Waals surface area (Å²) in [4.78, 5) is 58.2. The monoisotopic (exact) mass is 814 g/mol. The molecule has 3 unspecified atom stereocenters. The zero-order chi connectivity index (χ0) is 43.9. The number of amides is 2. The largest absolute Gasteiger partial charge is 0.478 e. The number of nitrogens with zero attached hydrogens (tertiary/aromatic N) is 2. The van der Waals surface area contributed by atoms with Gasteiger partial charge in [-0.2, -0.15) is 0 Å².